The molecule has 3 rings (SSSR count). The fraction of sp³-hybridized carbons (Fsp3) is 0.450. The monoisotopic (exact) mass is 465 g/mol. The number of benzene rings is 1. The summed E-state index contributed by atoms with van der Waals surface area (Å²) in [6.07, 6.45) is -3.46. The van der Waals surface area contributed by atoms with Crippen LogP contribution in [0.15, 0.2) is 40.1 Å². The number of carbonyl (C=O) groups is 1. The van der Waals surface area contributed by atoms with Gasteiger partial charge in [-0.25, -0.2) is 9.59 Å². The van der Waals surface area contributed by atoms with Crippen LogP contribution >= 0.6 is 0 Å². The number of rotatable bonds is 8. The third-order valence-corrected chi connectivity index (χ3v) is 5.14. The third kappa shape index (κ3) is 5.63. The molecule has 1 fully saturated rings. The lowest BCUT2D eigenvalue weighted by Crippen LogP contribution is -2.33. The summed E-state index contributed by atoms with van der Waals surface area (Å²) in [6.45, 7) is 0.813. The van der Waals surface area contributed by atoms with Gasteiger partial charge in [0.05, 0.1) is 16.6 Å². The van der Waals surface area contributed by atoms with Crippen molar-refractivity contribution in [3.05, 3.63) is 72.5 Å². The predicted octanol–water partition coefficient (Wildman–Crippen LogP) is 0.943. The molecule has 1 aliphatic rings. The Hall–Kier alpha value is -3.55. The zero-order chi connectivity index (χ0) is 24.1. The van der Waals surface area contributed by atoms with E-state index in [0.717, 1.165) is 4.57 Å². The summed E-state index contributed by atoms with van der Waals surface area (Å²) < 4.78 is 21.9. The number of aryl methyl sites for hydroxylation is 1. The summed E-state index contributed by atoms with van der Waals surface area (Å²) in [5.41, 5.74) is -0.862. The van der Waals surface area contributed by atoms with E-state index in [1.807, 2.05) is 0 Å². The number of nitro benzene ring substituents is 1. The Morgan fingerprint density at radius 2 is 2.09 bits per heavy atom. The summed E-state index contributed by atoms with van der Waals surface area (Å²) in [6, 6.07) is 5.90. The number of aromatic nitrogens is 2. The zero-order valence-electron chi connectivity index (χ0n) is 17.8. The molecule has 1 aromatic heterocycles. The van der Waals surface area contributed by atoms with Gasteiger partial charge in [-0.2, -0.15) is 0 Å². The number of aliphatic hydroxyl groups is 1. The van der Waals surface area contributed by atoms with Gasteiger partial charge in [-0.1, -0.05) is 12.1 Å². The van der Waals surface area contributed by atoms with E-state index in [1.54, 1.807) is 6.07 Å². The fourth-order valence-electron chi connectivity index (χ4n) is 3.38. The number of hydrogen-bond acceptors (Lipinski definition) is 10. The van der Waals surface area contributed by atoms with Crippen molar-refractivity contribution in [2.24, 2.45) is 0 Å². The van der Waals surface area contributed by atoms with Gasteiger partial charge in [-0.05, 0) is 13.0 Å². The largest absolute Gasteiger partial charge is 0.508 e. The van der Waals surface area contributed by atoms with Crippen molar-refractivity contribution in [3.8, 4) is 0 Å². The highest BCUT2D eigenvalue weighted by atomic mass is 16.7. The molecule has 1 aliphatic heterocycles. The molecule has 13 heteroatoms. The van der Waals surface area contributed by atoms with E-state index in [4.69, 9.17) is 18.9 Å². The van der Waals surface area contributed by atoms with Crippen LogP contribution in [0.4, 0.5) is 10.5 Å². The Balaban J connectivity index is 1.55. The molecule has 33 heavy (non-hydrogen) atoms. The van der Waals surface area contributed by atoms with Crippen molar-refractivity contribution < 1.29 is 33.8 Å². The van der Waals surface area contributed by atoms with Crippen LogP contribution < -0.4 is 11.2 Å². The number of nitrogens with one attached hydrogen (secondary N) is 1. The minimum absolute atomic E-state index is 0.0396. The van der Waals surface area contributed by atoms with Crippen molar-refractivity contribution in [2.45, 2.75) is 37.9 Å². The van der Waals surface area contributed by atoms with Gasteiger partial charge in [0.25, 0.3) is 11.2 Å². The molecule has 1 aromatic carbocycles. The molecule has 1 saturated heterocycles. The minimum atomic E-state index is -1.09. The molecule has 0 spiro atoms. The van der Waals surface area contributed by atoms with E-state index in [9.17, 15) is 29.6 Å². The van der Waals surface area contributed by atoms with Crippen LogP contribution in [0.5, 0.6) is 0 Å². The van der Waals surface area contributed by atoms with Crippen LogP contribution in [0.25, 0.3) is 0 Å². The summed E-state index contributed by atoms with van der Waals surface area (Å²) in [5, 5.41) is 21.4. The average Bonchev–Trinajstić information content (AvgIpc) is 3.15. The first-order valence-electron chi connectivity index (χ1n) is 9.92. The number of aliphatic hydroxyl groups excluding tert-OH is 1. The number of aromatic amines is 1. The summed E-state index contributed by atoms with van der Waals surface area (Å²) >= 11 is 0. The van der Waals surface area contributed by atoms with Gasteiger partial charge in [-0.3, -0.25) is 24.5 Å². The Morgan fingerprint density at radius 1 is 1.36 bits per heavy atom. The number of hydrogen-bond donors (Lipinski definition) is 2. The van der Waals surface area contributed by atoms with Gasteiger partial charge < -0.3 is 24.1 Å². The van der Waals surface area contributed by atoms with Crippen LogP contribution in [0, 0.1) is 17.0 Å². The molecular formula is C20H23N3O10. The summed E-state index contributed by atoms with van der Waals surface area (Å²) in [4.78, 5) is 48.3. The van der Waals surface area contributed by atoms with Gasteiger partial charge in [0.2, 0.25) is 0 Å². The number of para-hydroxylation sites is 1. The van der Waals surface area contributed by atoms with E-state index >= 15 is 0 Å². The van der Waals surface area contributed by atoms with Gasteiger partial charge in [0.1, 0.15) is 31.6 Å². The van der Waals surface area contributed by atoms with Gasteiger partial charge in [-0.15, -0.1) is 0 Å². The molecule has 2 heterocycles. The maximum absolute atomic E-state index is 12.0. The van der Waals surface area contributed by atoms with Crippen molar-refractivity contribution >= 4 is 11.8 Å². The highest BCUT2D eigenvalue weighted by Crippen LogP contribution is 2.29. The molecule has 0 aliphatic carbocycles. The smallest absolute Gasteiger partial charge is 0.431 e. The molecule has 0 bridgehead atoms. The van der Waals surface area contributed by atoms with Crippen LogP contribution in [0.1, 0.15) is 29.9 Å². The van der Waals surface area contributed by atoms with Gasteiger partial charge >= 0.3 is 11.8 Å². The molecule has 0 amide bonds. The van der Waals surface area contributed by atoms with Crippen molar-refractivity contribution in [1.29, 1.82) is 0 Å². The first kappa shape index (κ1) is 24.1. The molecule has 0 radical (unpaired) electrons. The Labute approximate surface area is 186 Å². The van der Waals surface area contributed by atoms with E-state index in [-0.39, 0.29) is 30.9 Å². The predicted molar refractivity (Wildman–Crippen MR) is 111 cm³/mol. The van der Waals surface area contributed by atoms with Crippen LogP contribution in [-0.4, -0.2) is 58.3 Å². The Morgan fingerprint density at radius 3 is 2.79 bits per heavy atom. The van der Waals surface area contributed by atoms with Crippen LogP contribution in [-0.2, 0) is 18.9 Å². The summed E-state index contributed by atoms with van der Waals surface area (Å²) in [5.74, 6) is 0. The molecule has 1 unspecified atom stereocenters. The number of methoxy groups -OCH3 is 1. The Kier molecular flexibility index (Phi) is 7.58. The number of nitro groups is 1. The molecule has 0 saturated carbocycles. The molecular weight excluding hydrogens is 442 g/mol. The molecule has 13 nitrogen and oxygen atoms in total. The second kappa shape index (κ2) is 10.4. The molecule has 2 N–H and O–H groups in total. The highest BCUT2D eigenvalue weighted by Gasteiger charge is 2.36. The number of ether oxygens (including phenoxy) is 4. The van der Waals surface area contributed by atoms with E-state index < -0.39 is 46.9 Å². The number of H-pyrrole nitrogens is 1. The minimum Gasteiger partial charge on any atom is -0.431 e. The van der Waals surface area contributed by atoms with Gasteiger partial charge in [0.15, 0.2) is 0 Å². The second-order valence-corrected chi connectivity index (χ2v) is 7.32. The quantitative estimate of drug-likeness (QED) is 0.325. The van der Waals surface area contributed by atoms with Crippen LogP contribution in [0.3, 0.4) is 0 Å². The standard InChI is InChI=1S/C20H23N3O10/c1-11-8-22(19(26)21-18(11)25)17-7-14(24)16(33-17)10-32-20(27)31-9-15(30-2)12-5-3-4-6-13(12)23(28)29/h3-6,8,14-17,24H,7,9-10H2,1-2H3,(H,21,25,26)/t14-,15?,16+,17+/m0/s1. The Bertz CT molecular complexity index is 1130. The SMILES string of the molecule is COC(COC(=O)OC[C@H]1O[C@@H](n2cc(C)c(=O)[nH]c2=O)C[C@@H]1O)c1ccccc1[N+](=O)[O-]. The normalized spacial score (nSPS) is 20.9. The zero-order valence-corrected chi connectivity index (χ0v) is 17.8. The topological polar surface area (TPSA) is 172 Å². The summed E-state index contributed by atoms with van der Waals surface area (Å²) in [7, 11) is 1.32. The number of nitrogens with zero attached hydrogens (tertiary/aromatic N) is 2. The lowest BCUT2D eigenvalue weighted by atomic mass is 10.1. The second-order valence-electron chi connectivity index (χ2n) is 7.32. The maximum atomic E-state index is 12.0. The third-order valence-electron chi connectivity index (χ3n) is 5.14. The molecule has 4 atom stereocenters. The van der Waals surface area contributed by atoms with Gasteiger partial charge in [0, 0.05) is 31.4 Å². The van der Waals surface area contributed by atoms with Crippen molar-refractivity contribution in [1.82, 2.24) is 9.55 Å². The first-order valence-corrected chi connectivity index (χ1v) is 9.92. The lowest BCUT2D eigenvalue weighted by molar-refractivity contribution is -0.386. The first-order chi connectivity index (χ1) is 15.7. The van der Waals surface area contributed by atoms with Crippen molar-refractivity contribution in [3.63, 3.8) is 0 Å². The van der Waals surface area contributed by atoms with Crippen LogP contribution in [0.2, 0.25) is 0 Å². The van der Waals surface area contributed by atoms with E-state index in [1.165, 1.54) is 38.4 Å². The van der Waals surface area contributed by atoms with E-state index in [0.29, 0.717) is 5.56 Å². The van der Waals surface area contributed by atoms with E-state index in [2.05, 4.69) is 4.98 Å². The molecule has 2 aromatic rings. The highest BCUT2D eigenvalue weighted by molar-refractivity contribution is 5.60. The fourth-order valence-corrected chi connectivity index (χ4v) is 3.38. The van der Waals surface area contributed by atoms with Crippen molar-refractivity contribution in [2.75, 3.05) is 20.3 Å². The maximum Gasteiger partial charge on any atom is 0.508 e. The lowest BCUT2D eigenvalue weighted by Gasteiger charge is -2.18. The molecule has 178 valence electrons. The number of carbonyl (C=O) groups excluding carboxylic acids is 1. The average molecular weight is 465 g/mol.